The number of likely N-dealkylation sites (tertiary alicyclic amines) is 1. The molecule has 0 saturated carbocycles. The second kappa shape index (κ2) is 8.03. The molecule has 1 fully saturated rings. The van der Waals surface area contributed by atoms with Gasteiger partial charge in [0.25, 0.3) is 0 Å². The Labute approximate surface area is 132 Å². The predicted octanol–water partition coefficient (Wildman–Crippen LogP) is 1.70. The molecule has 22 heavy (non-hydrogen) atoms. The van der Waals surface area contributed by atoms with E-state index in [-0.39, 0.29) is 5.91 Å². The maximum Gasteiger partial charge on any atom is 0.222 e. The lowest BCUT2D eigenvalue weighted by Gasteiger charge is -2.17. The van der Waals surface area contributed by atoms with Crippen LogP contribution < -0.4 is 14.8 Å². The molecule has 0 spiro atoms. The molecular weight excluding hydrogens is 280 g/mol. The molecule has 1 atom stereocenters. The molecule has 1 aromatic carbocycles. The highest BCUT2D eigenvalue weighted by Gasteiger charge is 2.25. The third-order valence-corrected chi connectivity index (χ3v) is 4.17. The summed E-state index contributed by atoms with van der Waals surface area (Å²) in [6, 6.07) is 5.77. The van der Waals surface area contributed by atoms with Crippen molar-refractivity contribution in [1.29, 1.82) is 0 Å². The number of nitrogens with one attached hydrogen (secondary N) is 1. The van der Waals surface area contributed by atoms with Gasteiger partial charge in [0.05, 0.1) is 14.2 Å². The van der Waals surface area contributed by atoms with Crippen molar-refractivity contribution >= 4 is 5.91 Å². The maximum absolute atomic E-state index is 12.3. The summed E-state index contributed by atoms with van der Waals surface area (Å²) < 4.78 is 10.5. The fraction of sp³-hybridized carbons (Fsp3) is 0.588. The monoisotopic (exact) mass is 306 g/mol. The van der Waals surface area contributed by atoms with E-state index < -0.39 is 0 Å². The Morgan fingerprint density at radius 2 is 1.95 bits per heavy atom. The second-order valence-corrected chi connectivity index (χ2v) is 5.77. The average Bonchev–Trinajstić information content (AvgIpc) is 3.01. The third-order valence-electron chi connectivity index (χ3n) is 4.17. The van der Waals surface area contributed by atoms with E-state index in [9.17, 15) is 4.79 Å². The van der Waals surface area contributed by atoms with Crippen LogP contribution in [0.2, 0.25) is 0 Å². The Balaban J connectivity index is 1.88. The van der Waals surface area contributed by atoms with Crippen molar-refractivity contribution in [3.8, 4) is 11.5 Å². The zero-order valence-electron chi connectivity index (χ0n) is 13.7. The number of amides is 1. The molecule has 5 heteroatoms. The average molecular weight is 306 g/mol. The molecule has 1 aromatic rings. The highest BCUT2D eigenvalue weighted by Crippen LogP contribution is 2.24. The number of rotatable bonds is 7. The minimum Gasteiger partial charge on any atom is -0.497 e. The first-order valence-corrected chi connectivity index (χ1v) is 7.80. The van der Waals surface area contributed by atoms with Gasteiger partial charge in [-0.1, -0.05) is 0 Å². The molecule has 0 aromatic heterocycles. The van der Waals surface area contributed by atoms with E-state index in [0.29, 0.717) is 18.8 Å². The Kier molecular flexibility index (Phi) is 6.07. The van der Waals surface area contributed by atoms with Gasteiger partial charge in [-0.3, -0.25) is 4.79 Å². The van der Waals surface area contributed by atoms with Crippen LogP contribution in [0, 0.1) is 5.92 Å². The summed E-state index contributed by atoms with van der Waals surface area (Å²) >= 11 is 0. The van der Waals surface area contributed by atoms with Crippen LogP contribution in [0.25, 0.3) is 0 Å². The molecule has 0 aliphatic carbocycles. The lowest BCUT2D eigenvalue weighted by Crippen LogP contribution is -2.30. The van der Waals surface area contributed by atoms with E-state index in [1.165, 1.54) is 0 Å². The van der Waals surface area contributed by atoms with Crippen LogP contribution in [0.15, 0.2) is 18.2 Å². The van der Waals surface area contributed by atoms with Crippen molar-refractivity contribution in [1.82, 2.24) is 10.2 Å². The van der Waals surface area contributed by atoms with Crippen LogP contribution in [0.3, 0.4) is 0 Å². The molecule has 5 nitrogen and oxygen atoms in total. The number of aryl methyl sites for hydroxylation is 1. The van der Waals surface area contributed by atoms with Crippen LogP contribution in [0.4, 0.5) is 0 Å². The largest absolute Gasteiger partial charge is 0.497 e. The summed E-state index contributed by atoms with van der Waals surface area (Å²) in [6.07, 6.45) is 2.34. The number of carbonyl (C=O) groups is 1. The molecule has 1 N–H and O–H groups in total. The minimum absolute atomic E-state index is 0.236. The molecule has 0 radical (unpaired) electrons. The summed E-state index contributed by atoms with van der Waals surface area (Å²) in [5.74, 6) is 2.35. The van der Waals surface area contributed by atoms with E-state index in [1.807, 2.05) is 30.1 Å². The molecule has 0 bridgehead atoms. The van der Waals surface area contributed by atoms with Gasteiger partial charge in [0.15, 0.2) is 0 Å². The predicted molar refractivity (Wildman–Crippen MR) is 86.5 cm³/mol. The van der Waals surface area contributed by atoms with Crippen LogP contribution in [-0.4, -0.2) is 51.7 Å². The molecule has 1 amide bonds. The fourth-order valence-electron chi connectivity index (χ4n) is 2.93. The van der Waals surface area contributed by atoms with Crippen molar-refractivity contribution in [2.75, 3.05) is 40.9 Å². The number of carbonyl (C=O) groups excluding carboxylic acids is 1. The Morgan fingerprint density at radius 3 is 2.55 bits per heavy atom. The maximum atomic E-state index is 12.3. The van der Waals surface area contributed by atoms with E-state index in [4.69, 9.17) is 9.47 Å². The summed E-state index contributed by atoms with van der Waals surface area (Å²) in [5.41, 5.74) is 1.07. The van der Waals surface area contributed by atoms with Gasteiger partial charge in [0.2, 0.25) is 5.91 Å². The van der Waals surface area contributed by atoms with Gasteiger partial charge in [0, 0.05) is 25.6 Å². The fourth-order valence-corrected chi connectivity index (χ4v) is 2.93. The van der Waals surface area contributed by atoms with Gasteiger partial charge in [-0.25, -0.2) is 0 Å². The van der Waals surface area contributed by atoms with Gasteiger partial charge in [-0.15, -0.1) is 0 Å². The van der Waals surface area contributed by atoms with Gasteiger partial charge < -0.3 is 19.7 Å². The van der Waals surface area contributed by atoms with Crippen LogP contribution in [-0.2, 0) is 11.2 Å². The number of nitrogens with zero attached hydrogens (tertiary/aromatic N) is 1. The first-order valence-electron chi connectivity index (χ1n) is 7.80. The second-order valence-electron chi connectivity index (χ2n) is 5.77. The Morgan fingerprint density at radius 1 is 1.27 bits per heavy atom. The van der Waals surface area contributed by atoms with Crippen LogP contribution in [0.5, 0.6) is 11.5 Å². The highest BCUT2D eigenvalue weighted by atomic mass is 16.5. The molecule has 1 aliphatic rings. The van der Waals surface area contributed by atoms with Crippen molar-refractivity contribution < 1.29 is 14.3 Å². The molecule has 122 valence electrons. The topological polar surface area (TPSA) is 50.8 Å². The van der Waals surface area contributed by atoms with E-state index in [0.717, 1.165) is 43.1 Å². The van der Waals surface area contributed by atoms with E-state index in [1.54, 1.807) is 14.2 Å². The number of methoxy groups -OCH3 is 2. The van der Waals surface area contributed by atoms with Crippen molar-refractivity contribution in [2.45, 2.75) is 19.3 Å². The van der Waals surface area contributed by atoms with Crippen molar-refractivity contribution in [3.63, 3.8) is 0 Å². The van der Waals surface area contributed by atoms with E-state index >= 15 is 0 Å². The van der Waals surface area contributed by atoms with Gasteiger partial charge in [0.1, 0.15) is 11.5 Å². The first kappa shape index (κ1) is 16.6. The lowest BCUT2D eigenvalue weighted by atomic mass is 10.1. The summed E-state index contributed by atoms with van der Waals surface area (Å²) in [4.78, 5) is 14.3. The molecule has 2 rings (SSSR count). The zero-order chi connectivity index (χ0) is 15.9. The summed E-state index contributed by atoms with van der Waals surface area (Å²) in [7, 11) is 5.23. The number of ether oxygens (including phenoxy) is 2. The standard InChI is InChI=1S/C17H26N2O3/c1-18-11-14-6-7-19(12-14)17(20)5-4-13-8-15(21-2)10-16(9-13)22-3/h8-10,14,18H,4-7,11-12H2,1-3H3. The zero-order valence-corrected chi connectivity index (χ0v) is 13.7. The highest BCUT2D eigenvalue weighted by molar-refractivity contribution is 5.76. The Bertz CT molecular complexity index is 482. The summed E-state index contributed by atoms with van der Waals surface area (Å²) in [6.45, 7) is 2.74. The Hall–Kier alpha value is -1.75. The number of benzene rings is 1. The smallest absolute Gasteiger partial charge is 0.222 e. The van der Waals surface area contributed by atoms with Gasteiger partial charge in [-0.2, -0.15) is 0 Å². The third kappa shape index (κ3) is 4.37. The van der Waals surface area contributed by atoms with E-state index in [2.05, 4.69) is 5.32 Å². The minimum atomic E-state index is 0.236. The normalized spacial score (nSPS) is 17.6. The molecule has 1 unspecified atom stereocenters. The number of hydrogen-bond donors (Lipinski definition) is 1. The quantitative estimate of drug-likeness (QED) is 0.833. The van der Waals surface area contributed by atoms with Gasteiger partial charge in [-0.05, 0) is 50.0 Å². The first-order chi connectivity index (χ1) is 10.7. The summed E-state index contributed by atoms with van der Waals surface area (Å²) in [5, 5.41) is 3.19. The van der Waals surface area contributed by atoms with Crippen LogP contribution >= 0.6 is 0 Å². The lowest BCUT2D eigenvalue weighted by molar-refractivity contribution is -0.130. The SMILES string of the molecule is CNCC1CCN(C(=O)CCc2cc(OC)cc(OC)c2)C1. The molecular formula is C17H26N2O3. The van der Waals surface area contributed by atoms with Crippen LogP contribution in [0.1, 0.15) is 18.4 Å². The van der Waals surface area contributed by atoms with Gasteiger partial charge >= 0.3 is 0 Å². The molecule has 1 heterocycles. The molecule has 1 aliphatic heterocycles. The van der Waals surface area contributed by atoms with Crippen molar-refractivity contribution in [3.05, 3.63) is 23.8 Å². The van der Waals surface area contributed by atoms with Crippen molar-refractivity contribution in [2.24, 2.45) is 5.92 Å². The molecule has 1 saturated heterocycles. The number of hydrogen-bond acceptors (Lipinski definition) is 4.